The van der Waals surface area contributed by atoms with E-state index in [-0.39, 0.29) is 5.91 Å². The molecule has 3 heterocycles. The number of benzene rings is 1. The molecule has 4 heteroatoms. The lowest BCUT2D eigenvalue weighted by molar-refractivity contribution is 0.0576. The van der Waals surface area contributed by atoms with Gasteiger partial charge >= 0.3 is 0 Å². The van der Waals surface area contributed by atoms with Crippen LogP contribution in [0.15, 0.2) is 30.3 Å². The molecule has 1 saturated carbocycles. The van der Waals surface area contributed by atoms with Crippen molar-refractivity contribution in [3.05, 3.63) is 41.6 Å². The molecule has 3 aliphatic rings. The number of hydrogen-bond donors (Lipinski definition) is 1. The zero-order chi connectivity index (χ0) is 18.2. The highest BCUT2D eigenvalue weighted by molar-refractivity contribution is 6.06. The van der Waals surface area contributed by atoms with Gasteiger partial charge in [0.1, 0.15) is 0 Å². The Bertz CT molecular complexity index is 843. The molecule has 1 aliphatic carbocycles. The third-order valence-corrected chi connectivity index (χ3v) is 6.73. The van der Waals surface area contributed by atoms with Gasteiger partial charge in [0.25, 0.3) is 5.91 Å². The Kier molecular flexibility index (Phi) is 4.60. The highest BCUT2D eigenvalue weighted by atomic mass is 16.1. The molecule has 5 rings (SSSR count). The number of pyridine rings is 1. The number of aromatic nitrogens is 1. The van der Waals surface area contributed by atoms with Gasteiger partial charge in [-0.05, 0) is 69.7 Å². The fourth-order valence-electron chi connectivity index (χ4n) is 5.11. The van der Waals surface area contributed by atoms with E-state index in [1.54, 1.807) is 0 Å². The number of carbonyl (C=O) groups is 1. The summed E-state index contributed by atoms with van der Waals surface area (Å²) in [6.45, 7) is 3.29. The number of hydrogen-bond acceptors (Lipinski definition) is 3. The van der Waals surface area contributed by atoms with E-state index in [0.717, 1.165) is 28.7 Å². The smallest absolute Gasteiger partial charge is 0.252 e. The average molecular weight is 364 g/mol. The van der Waals surface area contributed by atoms with Gasteiger partial charge in [0, 0.05) is 29.6 Å². The Balaban J connectivity index is 1.35. The second-order valence-corrected chi connectivity index (χ2v) is 8.60. The zero-order valence-electron chi connectivity index (χ0n) is 16.0. The number of fused-ring (bicyclic) bond motifs is 2. The molecule has 1 aromatic carbocycles. The molecule has 27 heavy (non-hydrogen) atoms. The van der Waals surface area contributed by atoms with Crippen LogP contribution in [0.5, 0.6) is 0 Å². The second-order valence-electron chi connectivity index (χ2n) is 8.60. The average Bonchev–Trinajstić information content (AvgIpc) is 3.56. The van der Waals surface area contributed by atoms with Crippen LogP contribution in [0, 0.1) is 5.92 Å². The minimum Gasteiger partial charge on any atom is -0.352 e. The van der Waals surface area contributed by atoms with Crippen molar-refractivity contribution in [1.29, 1.82) is 0 Å². The third-order valence-electron chi connectivity index (χ3n) is 6.73. The molecule has 142 valence electrons. The lowest BCUT2D eigenvalue weighted by atomic mass is 9.83. The molecule has 0 radical (unpaired) electrons. The van der Waals surface area contributed by atoms with E-state index in [1.165, 1.54) is 58.0 Å². The summed E-state index contributed by atoms with van der Waals surface area (Å²) >= 11 is 0. The van der Waals surface area contributed by atoms with Crippen LogP contribution >= 0.6 is 0 Å². The van der Waals surface area contributed by atoms with E-state index in [2.05, 4.69) is 10.2 Å². The number of para-hydroxylation sites is 1. The Morgan fingerprint density at radius 2 is 1.93 bits per heavy atom. The van der Waals surface area contributed by atoms with Crippen molar-refractivity contribution in [1.82, 2.24) is 15.2 Å². The molecule has 2 aliphatic heterocycles. The van der Waals surface area contributed by atoms with Crippen molar-refractivity contribution in [2.45, 2.75) is 56.9 Å². The van der Waals surface area contributed by atoms with Gasteiger partial charge in [0.2, 0.25) is 0 Å². The van der Waals surface area contributed by atoms with Crippen molar-refractivity contribution < 1.29 is 4.79 Å². The van der Waals surface area contributed by atoms with Crippen molar-refractivity contribution >= 4 is 16.8 Å². The van der Waals surface area contributed by atoms with Crippen LogP contribution in [-0.2, 0) is 0 Å². The standard InChI is InChI=1S/C23H29N3O/c27-23(24-15-17-6-5-13-26-12-4-3-9-22(17)26)19-14-21(16-10-11-16)25-20-8-2-1-7-18(19)20/h1-2,7-8,14,16-17,22H,3-6,9-13,15H2,(H,24,27)/t17-,22+/m0/s1. The number of piperidine rings is 2. The summed E-state index contributed by atoms with van der Waals surface area (Å²) in [6, 6.07) is 10.8. The summed E-state index contributed by atoms with van der Waals surface area (Å²) in [5, 5.41) is 4.26. The first-order valence-electron chi connectivity index (χ1n) is 10.7. The lowest BCUT2D eigenvalue weighted by Crippen LogP contribution is -2.51. The highest BCUT2D eigenvalue weighted by Crippen LogP contribution is 2.40. The molecular weight excluding hydrogens is 334 g/mol. The Labute approximate surface area is 161 Å². The molecule has 1 N–H and O–H groups in total. The second kappa shape index (κ2) is 7.23. The highest BCUT2D eigenvalue weighted by Gasteiger charge is 2.33. The van der Waals surface area contributed by atoms with Crippen molar-refractivity contribution in [3.8, 4) is 0 Å². The van der Waals surface area contributed by atoms with Crippen molar-refractivity contribution in [2.75, 3.05) is 19.6 Å². The summed E-state index contributed by atoms with van der Waals surface area (Å²) in [4.78, 5) is 20.6. The molecular formula is C23H29N3O. The number of amides is 1. The number of rotatable bonds is 4. The first-order valence-corrected chi connectivity index (χ1v) is 10.7. The van der Waals surface area contributed by atoms with E-state index in [0.29, 0.717) is 17.9 Å². The van der Waals surface area contributed by atoms with E-state index in [4.69, 9.17) is 4.98 Å². The van der Waals surface area contributed by atoms with E-state index in [9.17, 15) is 4.79 Å². The summed E-state index contributed by atoms with van der Waals surface area (Å²) in [5.74, 6) is 1.22. The Morgan fingerprint density at radius 3 is 2.81 bits per heavy atom. The number of nitrogens with zero attached hydrogens (tertiary/aromatic N) is 2. The first-order chi connectivity index (χ1) is 13.3. The minimum absolute atomic E-state index is 0.0726. The topological polar surface area (TPSA) is 45.2 Å². The summed E-state index contributed by atoms with van der Waals surface area (Å²) in [7, 11) is 0. The molecule has 0 spiro atoms. The van der Waals surface area contributed by atoms with Crippen LogP contribution in [0.4, 0.5) is 0 Å². The van der Waals surface area contributed by atoms with Crippen LogP contribution in [0.3, 0.4) is 0 Å². The van der Waals surface area contributed by atoms with Gasteiger partial charge in [0.05, 0.1) is 11.1 Å². The predicted molar refractivity (Wildman–Crippen MR) is 108 cm³/mol. The van der Waals surface area contributed by atoms with Gasteiger partial charge in [-0.2, -0.15) is 0 Å². The van der Waals surface area contributed by atoms with Crippen LogP contribution in [0.2, 0.25) is 0 Å². The van der Waals surface area contributed by atoms with Gasteiger partial charge in [0.15, 0.2) is 0 Å². The molecule has 2 aromatic rings. The quantitative estimate of drug-likeness (QED) is 0.889. The Hall–Kier alpha value is -1.94. The first kappa shape index (κ1) is 17.2. The van der Waals surface area contributed by atoms with Gasteiger partial charge in [-0.15, -0.1) is 0 Å². The van der Waals surface area contributed by atoms with Gasteiger partial charge < -0.3 is 10.2 Å². The van der Waals surface area contributed by atoms with Crippen LogP contribution in [0.25, 0.3) is 10.9 Å². The summed E-state index contributed by atoms with van der Waals surface area (Å²) in [6.07, 6.45) is 8.88. The monoisotopic (exact) mass is 363 g/mol. The van der Waals surface area contributed by atoms with E-state index in [1.807, 2.05) is 30.3 Å². The lowest BCUT2D eigenvalue weighted by Gasteiger charge is -2.44. The van der Waals surface area contributed by atoms with Crippen LogP contribution in [0.1, 0.15) is 66.9 Å². The van der Waals surface area contributed by atoms with Crippen molar-refractivity contribution in [3.63, 3.8) is 0 Å². The summed E-state index contributed by atoms with van der Waals surface area (Å²) < 4.78 is 0. The molecule has 2 saturated heterocycles. The maximum Gasteiger partial charge on any atom is 0.252 e. The zero-order valence-corrected chi connectivity index (χ0v) is 16.0. The molecule has 1 amide bonds. The molecule has 4 nitrogen and oxygen atoms in total. The van der Waals surface area contributed by atoms with E-state index >= 15 is 0 Å². The normalized spacial score (nSPS) is 25.9. The van der Waals surface area contributed by atoms with Crippen LogP contribution < -0.4 is 5.32 Å². The molecule has 2 atom stereocenters. The molecule has 0 bridgehead atoms. The number of carbonyl (C=O) groups excluding carboxylic acids is 1. The SMILES string of the molecule is O=C(NC[C@@H]1CCCN2CCCC[C@H]12)c1cc(C2CC2)nc2ccccc12. The Morgan fingerprint density at radius 1 is 1.07 bits per heavy atom. The predicted octanol–water partition coefficient (Wildman–Crippen LogP) is 4.11. The van der Waals surface area contributed by atoms with Crippen LogP contribution in [-0.4, -0.2) is 41.5 Å². The molecule has 1 aromatic heterocycles. The van der Waals surface area contributed by atoms with Crippen molar-refractivity contribution in [2.24, 2.45) is 5.92 Å². The largest absolute Gasteiger partial charge is 0.352 e. The molecule has 3 fully saturated rings. The van der Waals surface area contributed by atoms with Gasteiger partial charge in [-0.1, -0.05) is 24.6 Å². The number of nitrogens with one attached hydrogen (secondary N) is 1. The minimum atomic E-state index is 0.0726. The fraction of sp³-hybridized carbons (Fsp3) is 0.565. The third kappa shape index (κ3) is 3.47. The maximum absolute atomic E-state index is 13.1. The van der Waals surface area contributed by atoms with E-state index < -0.39 is 0 Å². The van der Waals surface area contributed by atoms with Gasteiger partial charge in [-0.25, -0.2) is 0 Å². The molecule has 0 unspecified atom stereocenters. The summed E-state index contributed by atoms with van der Waals surface area (Å²) in [5.41, 5.74) is 2.84. The van der Waals surface area contributed by atoms with Gasteiger partial charge in [-0.3, -0.25) is 9.78 Å². The fourth-order valence-corrected chi connectivity index (χ4v) is 5.11. The maximum atomic E-state index is 13.1.